The Bertz CT molecular complexity index is 674. The van der Waals surface area contributed by atoms with Gasteiger partial charge in [0.25, 0.3) is 0 Å². The van der Waals surface area contributed by atoms with Crippen molar-refractivity contribution in [3.63, 3.8) is 0 Å². The highest BCUT2D eigenvalue weighted by molar-refractivity contribution is 6.04. The minimum absolute atomic E-state index is 0.351. The molecular formula is C17H14O3. The van der Waals surface area contributed by atoms with Crippen LogP contribution in [0.4, 0.5) is 0 Å². The summed E-state index contributed by atoms with van der Waals surface area (Å²) in [6.07, 6.45) is 5.98. The molecule has 0 fully saturated rings. The number of ether oxygens (including phenoxy) is 1. The second kappa shape index (κ2) is 5.21. The van der Waals surface area contributed by atoms with Crippen LogP contribution in [0.5, 0.6) is 0 Å². The number of esters is 1. The smallest absolute Gasteiger partial charge is 0.343 e. The standard InChI is InChI=1S/C17H14O3/c1-2-12-5-7-13(8-6-12)16-11-14(17(18)20-16)10-15-4-3-9-19-15/h3-11H,2H2,1H3/b14-10-. The lowest BCUT2D eigenvalue weighted by atomic mass is 10.1. The molecule has 0 radical (unpaired) electrons. The van der Waals surface area contributed by atoms with Gasteiger partial charge in [-0.1, -0.05) is 31.2 Å². The van der Waals surface area contributed by atoms with Crippen LogP contribution in [0.15, 0.2) is 58.7 Å². The molecule has 100 valence electrons. The highest BCUT2D eigenvalue weighted by atomic mass is 16.5. The SMILES string of the molecule is CCc1ccc(C2=C/C(=C/c3ccco3)C(=O)O2)cc1. The third kappa shape index (κ3) is 2.43. The van der Waals surface area contributed by atoms with E-state index in [0.717, 1.165) is 12.0 Å². The average Bonchev–Trinajstić information content (AvgIpc) is 3.10. The summed E-state index contributed by atoms with van der Waals surface area (Å²) in [5.41, 5.74) is 2.65. The topological polar surface area (TPSA) is 39.4 Å². The van der Waals surface area contributed by atoms with Crippen molar-refractivity contribution >= 4 is 17.8 Å². The Balaban J connectivity index is 1.89. The van der Waals surface area contributed by atoms with Gasteiger partial charge in [0.15, 0.2) is 0 Å². The quantitative estimate of drug-likeness (QED) is 0.626. The van der Waals surface area contributed by atoms with Crippen LogP contribution in [0.3, 0.4) is 0 Å². The van der Waals surface area contributed by atoms with Gasteiger partial charge in [0, 0.05) is 5.56 Å². The molecule has 20 heavy (non-hydrogen) atoms. The molecule has 0 N–H and O–H groups in total. The first kappa shape index (κ1) is 12.5. The summed E-state index contributed by atoms with van der Waals surface area (Å²) in [5.74, 6) is 0.863. The maximum atomic E-state index is 11.8. The van der Waals surface area contributed by atoms with Crippen molar-refractivity contribution in [2.45, 2.75) is 13.3 Å². The fraction of sp³-hybridized carbons (Fsp3) is 0.118. The molecule has 0 bridgehead atoms. The number of carbonyl (C=O) groups excluding carboxylic acids is 1. The molecule has 3 rings (SSSR count). The zero-order valence-corrected chi connectivity index (χ0v) is 11.1. The lowest BCUT2D eigenvalue weighted by Crippen LogP contribution is -1.97. The van der Waals surface area contributed by atoms with E-state index in [0.29, 0.717) is 17.1 Å². The van der Waals surface area contributed by atoms with Gasteiger partial charge in [-0.15, -0.1) is 0 Å². The molecule has 1 aliphatic heterocycles. The van der Waals surface area contributed by atoms with E-state index in [1.165, 1.54) is 5.56 Å². The molecular weight excluding hydrogens is 252 g/mol. The van der Waals surface area contributed by atoms with Gasteiger partial charge in [-0.3, -0.25) is 0 Å². The minimum Gasteiger partial charge on any atom is -0.465 e. The molecule has 0 atom stereocenters. The van der Waals surface area contributed by atoms with Gasteiger partial charge >= 0.3 is 5.97 Å². The number of benzene rings is 1. The van der Waals surface area contributed by atoms with E-state index in [9.17, 15) is 4.79 Å². The number of carbonyl (C=O) groups is 1. The fourth-order valence-electron chi connectivity index (χ4n) is 2.06. The molecule has 1 aromatic carbocycles. The zero-order valence-electron chi connectivity index (χ0n) is 11.1. The van der Waals surface area contributed by atoms with Crippen molar-refractivity contribution in [3.8, 4) is 0 Å². The molecule has 1 aromatic heterocycles. The van der Waals surface area contributed by atoms with Gasteiger partial charge in [0.2, 0.25) is 0 Å². The molecule has 0 saturated heterocycles. The van der Waals surface area contributed by atoms with Crippen LogP contribution >= 0.6 is 0 Å². The third-order valence-corrected chi connectivity index (χ3v) is 3.21. The van der Waals surface area contributed by atoms with Gasteiger partial charge < -0.3 is 9.15 Å². The van der Waals surface area contributed by atoms with Crippen LogP contribution < -0.4 is 0 Å². The lowest BCUT2D eigenvalue weighted by molar-refractivity contribution is -0.130. The van der Waals surface area contributed by atoms with Crippen LogP contribution in [0.25, 0.3) is 11.8 Å². The summed E-state index contributed by atoms with van der Waals surface area (Å²) in [6, 6.07) is 11.6. The van der Waals surface area contributed by atoms with E-state index >= 15 is 0 Å². The first-order chi connectivity index (χ1) is 9.76. The molecule has 2 aromatic rings. The number of furan rings is 1. The van der Waals surface area contributed by atoms with E-state index in [4.69, 9.17) is 9.15 Å². The summed E-state index contributed by atoms with van der Waals surface area (Å²) < 4.78 is 10.5. The predicted octanol–water partition coefficient (Wildman–Crippen LogP) is 3.82. The minimum atomic E-state index is -0.351. The summed E-state index contributed by atoms with van der Waals surface area (Å²) in [7, 11) is 0. The fourth-order valence-corrected chi connectivity index (χ4v) is 2.06. The molecule has 1 aliphatic rings. The van der Waals surface area contributed by atoms with Gasteiger partial charge in [0.05, 0.1) is 11.8 Å². The van der Waals surface area contributed by atoms with Crippen molar-refractivity contribution in [2.24, 2.45) is 0 Å². The van der Waals surface area contributed by atoms with Crippen LogP contribution in [0, 0.1) is 0 Å². The Morgan fingerprint density at radius 1 is 1.15 bits per heavy atom. The molecule has 0 aliphatic carbocycles. The summed E-state index contributed by atoms with van der Waals surface area (Å²) in [6.45, 7) is 2.11. The van der Waals surface area contributed by atoms with Crippen LogP contribution in [-0.4, -0.2) is 5.97 Å². The van der Waals surface area contributed by atoms with Crippen molar-refractivity contribution in [1.82, 2.24) is 0 Å². The molecule has 0 amide bonds. The molecule has 3 heteroatoms. The largest absolute Gasteiger partial charge is 0.465 e. The number of hydrogen-bond acceptors (Lipinski definition) is 3. The number of rotatable bonds is 3. The lowest BCUT2D eigenvalue weighted by Gasteiger charge is -2.02. The average molecular weight is 266 g/mol. The summed E-state index contributed by atoms with van der Waals surface area (Å²) in [4.78, 5) is 11.8. The van der Waals surface area contributed by atoms with Gasteiger partial charge in [0.1, 0.15) is 11.5 Å². The predicted molar refractivity (Wildman–Crippen MR) is 76.6 cm³/mol. The highest BCUT2D eigenvalue weighted by Crippen LogP contribution is 2.27. The van der Waals surface area contributed by atoms with Crippen molar-refractivity contribution in [1.29, 1.82) is 0 Å². The first-order valence-electron chi connectivity index (χ1n) is 6.54. The van der Waals surface area contributed by atoms with Gasteiger partial charge in [-0.2, -0.15) is 0 Å². The van der Waals surface area contributed by atoms with Crippen molar-refractivity contribution in [3.05, 3.63) is 71.2 Å². The number of cyclic esters (lactones) is 1. The Morgan fingerprint density at radius 2 is 1.95 bits per heavy atom. The van der Waals surface area contributed by atoms with Gasteiger partial charge in [-0.05, 0) is 36.3 Å². The van der Waals surface area contributed by atoms with E-state index in [1.807, 2.05) is 24.3 Å². The maximum absolute atomic E-state index is 11.8. The van der Waals surface area contributed by atoms with E-state index in [1.54, 1.807) is 30.5 Å². The molecule has 0 unspecified atom stereocenters. The van der Waals surface area contributed by atoms with Crippen molar-refractivity contribution < 1.29 is 13.9 Å². The first-order valence-corrected chi connectivity index (χ1v) is 6.54. The van der Waals surface area contributed by atoms with Crippen molar-refractivity contribution in [2.75, 3.05) is 0 Å². The number of aryl methyl sites for hydroxylation is 1. The normalized spacial score (nSPS) is 16.4. The van der Waals surface area contributed by atoms with E-state index in [-0.39, 0.29) is 5.97 Å². The molecule has 2 heterocycles. The molecule has 0 saturated carbocycles. The Morgan fingerprint density at radius 3 is 2.60 bits per heavy atom. The Hall–Kier alpha value is -2.55. The second-order valence-corrected chi connectivity index (χ2v) is 4.56. The maximum Gasteiger partial charge on any atom is 0.343 e. The summed E-state index contributed by atoms with van der Waals surface area (Å²) >= 11 is 0. The van der Waals surface area contributed by atoms with Crippen LogP contribution in [-0.2, 0) is 16.0 Å². The summed E-state index contributed by atoms with van der Waals surface area (Å²) in [5, 5.41) is 0. The zero-order chi connectivity index (χ0) is 13.9. The van der Waals surface area contributed by atoms with Crippen LogP contribution in [0.1, 0.15) is 23.8 Å². The molecule has 3 nitrogen and oxygen atoms in total. The Kier molecular flexibility index (Phi) is 3.25. The monoisotopic (exact) mass is 266 g/mol. The second-order valence-electron chi connectivity index (χ2n) is 4.56. The van der Waals surface area contributed by atoms with Crippen LogP contribution in [0.2, 0.25) is 0 Å². The Labute approximate surface area is 117 Å². The van der Waals surface area contributed by atoms with E-state index in [2.05, 4.69) is 6.92 Å². The van der Waals surface area contributed by atoms with E-state index < -0.39 is 0 Å². The molecule has 0 spiro atoms. The van der Waals surface area contributed by atoms with Gasteiger partial charge in [-0.25, -0.2) is 4.79 Å². The third-order valence-electron chi connectivity index (χ3n) is 3.21. The number of hydrogen-bond donors (Lipinski definition) is 0. The highest BCUT2D eigenvalue weighted by Gasteiger charge is 2.22.